The number of amides is 1. The molecule has 1 amide bonds. The molecule has 0 fully saturated rings. The Bertz CT molecular complexity index is 1190. The quantitative estimate of drug-likeness (QED) is 0.628. The monoisotopic (exact) mass is 409 g/mol. The fraction of sp³-hybridized carbons (Fsp3) is 0.238. The number of carboxylic acid groups (broad SMARTS) is 1. The van der Waals surface area contributed by atoms with Crippen LogP contribution in [0.3, 0.4) is 0 Å². The molecule has 0 saturated heterocycles. The number of benzene rings is 2. The highest BCUT2D eigenvalue weighted by molar-refractivity contribution is 6.01. The fourth-order valence-corrected chi connectivity index (χ4v) is 3.28. The molecule has 154 valence electrons. The molecule has 30 heavy (non-hydrogen) atoms. The second-order valence-corrected chi connectivity index (χ2v) is 6.74. The topological polar surface area (TPSA) is 120 Å². The molecule has 0 radical (unpaired) electrons. The third-order valence-corrected chi connectivity index (χ3v) is 4.71. The Labute approximate surface area is 170 Å². The van der Waals surface area contributed by atoms with Gasteiger partial charge in [0.25, 0.3) is 5.56 Å². The zero-order chi connectivity index (χ0) is 21.1. The van der Waals surface area contributed by atoms with E-state index in [1.54, 1.807) is 12.1 Å². The first-order chi connectivity index (χ1) is 14.5. The number of rotatable bonds is 6. The Morgan fingerprint density at radius 2 is 1.80 bits per heavy atom. The number of ether oxygens (including phenoxy) is 2. The molecule has 0 aliphatic carbocycles. The van der Waals surface area contributed by atoms with E-state index in [0.29, 0.717) is 37.7 Å². The third kappa shape index (κ3) is 3.95. The van der Waals surface area contributed by atoms with Gasteiger partial charge in [-0.1, -0.05) is 24.3 Å². The Morgan fingerprint density at radius 3 is 2.57 bits per heavy atom. The number of aromatic carboxylic acids is 1. The van der Waals surface area contributed by atoms with Gasteiger partial charge in [0.1, 0.15) is 19.8 Å². The molecule has 0 saturated carbocycles. The van der Waals surface area contributed by atoms with E-state index in [-0.39, 0.29) is 23.0 Å². The number of carboxylic acids is 1. The van der Waals surface area contributed by atoms with E-state index in [2.05, 4.69) is 10.4 Å². The van der Waals surface area contributed by atoms with Crippen molar-refractivity contribution in [3.63, 3.8) is 0 Å². The van der Waals surface area contributed by atoms with Crippen LogP contribution in [0.25, 0.3) is 10.8 Å². The minimum Gasteiger partial charge on any atom is -0.486 e. The van der Waals surface area contributed by atoms with Crippen LogP contribution in [0.15, 0.2) is 47.3 Å². The average Bonchev–Trinajstić information content (AvgIpc) is 2.75. The van der Waals surface area contributed by atoms with Crippen LogP contribution in [-0.4, -0.2) is 46.5 Å². The van der Waals surface area contributed by atoms with Gasteiger partial charge in [-0.3, -0.25) is 9.59 Å². The molecule has 2 heterocycles. The lowest BCUT2D eigenvalue weighted by molar-refractivity contribution is -0.121. The lowest BCUT2D eigenvalue weighted by Crippen LogP contribution is -2.35. The summed E-state index contributed by atoms with van der Waals surface area (Å²) in [6.45, 7) is 0.991. The van der Waals surface area contributed by atoms with Gasteiger partial charge in [-0.2, -0.15) is 5.10 Å². The van der Waals surface area contributed by atoms with Gasteiger partial charge < -0.3 is 19.9 Å². The van der Waals surface area contributed by atoms with Gasteiger partial charge in [-0.25, -0.2) is 9.48 Å². The van der Waals surface area contributed by atoms with E-state index in [0.717, 1.165) is 10.2 Å². The SMILES string of the molecule is O=C(Cn1nc(C(=O)O)c2ccccc2c1=O)NCCc1ccc2c(c1)OCCO2. The Balaban J connectivity index is 1.43. The molecular weight excluding hydrogens is 390 g/mol. The number of hydrogen-bond donors (Lipinski definition) is 2. The zero-order valence-electron chi connectivity index (χ0n) is 16.0. The molecular formula is C21H19N3O6. The van der Waals surface area contributed by atoms with Crippen LogP contribution >= 0.6 is 0 Å². The molecule has 1 aromatic heterocycles. The maximum absolute atomic E-state index is 12.6. The summed E-state index contributed by atoms with van der Waals surface area (Å²) in [6.07, 6.45) is 0.558. The molecule has 1 aliphatic heterocycles. The van der Waals surface area contributed by atoms with Crippen molar-refractivity contribution < 1.29 is 24.2 Å². The number of aromatic nitrogens is 2. The maximum atomic E-state index is 12.6. The lowest BCUT2D eigenvalue weighted by Gasteiger charge is -2.18. The minimum absolute atomic E-state index is 0.203. The summed E-state index contributed by atoms with van der Waals surface area (Å²) in [5.74, 6) is -0.323. The van der Waals surface area contributed by atoms with Crippen molar-refractivity contribution in [3.05, 3.63) is 64.1 Å². The Kier molecular flexibility index (Phi) is 5.34. The molecule has 0 bridgehead atoms. The van der Waals surface area contributed by atoms with Crippen LogP contribution in [0.1, 0.15) is 16.1 Å². The number of carbonyl (C=O) groups excluding carboxylic acids is 1. The molecule has 2 aromatic carbocycles. The van der Waals surface area contributed by atoms with Gasteiger partial charge in [-0.15, -0.1) is 0 Å². The smallest absolute Gasteiger partial charge is 0.357 e. The normalized spacial score (nSPS) is 12.5. The van der Waals surface area contributed by atoms with E-state index in [1.165, 1.54) is 12.1 Å². The van der Waals surface area contributed by atoms with Gasteiger partial charge in [0.15, 0.2) is 17.2 Å². The van der Waals surface area contributed by atoms with Gasteiger partial charge in [0.05, 0.1) is 5.39 Å². The van der Waals surface area contributed by atoms with E-state index < -0.39 is 17.4 Å². The zero-order valence-corrected chi connectivity index (χ0v) is 16.0. The van der Waals surface area contributed by atoms with Crippen molar-refractivity contribution >= 4 is 22.6 Å². The highest BCUT2D eigenvalue weighted by Gasteiger charge is 2.17. The van der Waals surface area contributed by atoms with Crippen LogP contribution in [-0.2, 0) is 17.8 Å². The predicted octanol–water partition coefficient (Wildman–Crippen LogP) is 1.22. The van der Waals surface area contributed by atoms with Crippen molar-refractivity contribution in [1.82, 2.24) is 15.1 Å². The Hall–Kier alpha value is -3.88. The van der Waals surface area contributed by atoms with E-state index in [4.69, 9.17) is 9.47 Å². The van der Waals surface area contributed by atoms with Crippen LogP contribution in [0.5, 0.6) is 11.5 Å². The minimum atomic E-state index is -1.26. The standard InChI is InChI=1S/C21H19N3O6/c25-18(22-8-7-13-5-6-16-17(11-13)30-10-9-29-16)12-24-20(26)15-4-2-1-3-14(15)19(23-24)21(27)28/h1-6,11H,7-10,12H2,(H,22,25)(H,27,28). The molecule has 4 rings (SSSR count). The third-order valence-electron chi connectivity index (χ3n) is 4.71. The van der Waals surface area contributed by atoms with Crippen molar-refractivity contribution in [2.75, 3.05) is 19.8 Å². The fourth-order valence-electron chi connectivity index (χ4n) is 3.28. The molecule has 9 nitrogen and oxygen atoms in total. The van der Waals surface area contributed by atoms with Crippen LogP contribution in [0.2, 0.25) is 0 Å². The van der Waals surface area contributed by atoms with Crippen molar-refractivity contribution in [2.45, 2.75) is 13.0 Å². The van der Waals surface area contributed by atoms with Gasteiger partial charge in [-0.05, 0) is 30.2 Å². The Morgan fingerprint density at radius 1 is 1.07 bits per heavy atom. The molecule has 3 aromatic rings. The predicted molar refractivity (Wildman–Crippen MR) is 107 cm³/mol. The average molecular weight is 409 g/mol. The number of fused-ring (bicyclic) bond motifs is 2. The summed E-state index contributed by atoms with van der Waals surface area (Å²) in [5.41, 5.74) is 0.181. The molecule has 9 heteroatoms. The first kappa shape index (κ1) is 19.4. The first-order valence-corrected chi connectivity index (χ1v) is 9.41. The number of hydrogen-bond acceptors (Lipinski definition) is 6. The van der Waals surface area contributed by atoms with Gasteiger partial charge in [0.2, 0.25) is 5.91 Å². The summed E-state index contributed by atoms with van der Waals surface area (Å²) in [5, 5.41) is 16.4. The maximum Gasteiger partial charge on any atom is 0.357 e. The second kappa shape index (κ2) is 8.24. The van der Waals surface area contributed by atoms with Gasteiger partial charge in [0, 0.05) is 11.9 Å². The number of nitrogens with zero attached hydrogens (tertiary/aromatic N) is 2. The van der Waals surface area contributed by atoms with E-state index in [1.807, 2.05) is 18.2 Å². The summed E-state index contributed by atoms with van der Waals surface area (Å²) in [4.78, 5) is 36.4. The van der Waals surface area contributed by atoms with Gasteiger partial charge >= 0.3 is 5.97 Å². The van der Waals surface area contributed by atoms with Crippen molar-refractivity contribution in [1.29, 1.82) is 0 Å². The van der Waals surface area contributed by atoms with Crippen molar-refractivity contribution in [2.24, 2.45) is 0 Å². The summed E-state index contributed by atoms with van der Waals surface area (Å²) < 4.78 is 11.9. The number of nitrogens with one attached hydrogen (secondary N) is 1. The molecule has 0 atom stereocenters. The van der Waals surface area contributed by atoms with Crippen LogP contribution in [0.4, 0.5) is 0 Å². The molecule has 0 spiro atoms. The molecule has 1 aliphatic rings. The van der Waals surface area contributed by atoms with Crippen LogP contribution in [0, 0.1) is 0 Å². The highest BCUT2D eigenvalue weighted by atomic mass is 16.6. The summed E-state index contributed by atoms with van der Waals surface area (Å²) in [7, 11) is 0. The lowest BCUT2D eigenvalue weighted by atomic mass is 10.1. The first-order valence-electron chi connectivity index (χ1n) is 9.41. The second-order valence-electron chi connectivity index (χ2n) is 6.74. The largest absolute Gasteiger partial charge is 0.486 e. The van der Waals surface area contributed by atoms with Crippen molar-refractivity contribution in [3.8, 4) is 11.5 Å². The highest BCUT2D eigenvalue weighted by Crippen LogP contribution is 2.30. The van der Waals surface area contributed by atoms with E-state index in [9.17, 15) is 19.5 Å². The molecule has 0 unspecified atom stereocenters. The van der Waals surface area contributed by atoms with Crippen LogP contribution < -0.4 is 20.3 Å². The van der Waals surface area contributed by atoms with E-state index >= 15 is 0 Å². The summed E-state index contributed by atoms with van der Waals surface area (Å²) in [6, 6.07) is 11.9. The molecule has 2 N–H and O–H groups in total. The number of carbonyl (C=O) groups is 2. The summed E-state index contributed by atoms with van der Waals surface area (Å²) >= 11 is 0.